The van der Waals surface area contributed by atoms with Gasteiger partial charge in [-0.25, -0.2) is 13.6 Å². The van der Waals surface area contributed by atoms with Crippen LogP contribution in [-0.4, -0.2) is 56.6 Å². The van der Waals surface area contributed by atoms with Crippen LogP contribution in [-0.2, 0) is 19.1 Å². The van der Waals surface area contributed by atoms with Gasteiger partial charge in [-0.1, -0.05) is 24.1 Å². The number of amides is 4. The molecule has 2 aromatic rings. The third kappa shape index (κ3) is 5.79. The average molecular weight is 603 g/mol. The number of hydrogen-bond acceptors (Lipinski definition) is 6. The van der Waals surface area contributed by atoms with Crippen LogP contribution in [0.5, 0.6) is 0 Å². The van der Waals surface area contributed by atoms with Gasteiger partial charge in [0.25, 0.3) is 0 Å². The van der Waals surface area contributed by atoms with E-state index in [1.54, 1.807) is 29.0 Å². The third-order valence-electron chi connectivity index (χ3n) is 8.70. The minimum absolute atomic E-state index is 0.0175. The molecule has 0 bridgehead atoms. The average Bonchev–Trinajstić information content (AvgIpc) is 2.89. The van der Waals surface area contributed by atoms with Gasteiger partial charge in [0.1, 0.15) is 11.6 Å². The number of rotatable bonds is 8. The van der Waals surface area contributed by atoms with Crippen LogP contribution in [0.25, 0.3) is 0 Å². The van der Waals surface area contributed by atoms with Crippen LogP contribution in [0.1, 0.15) is 55.6 Å². The summed E-state index contributed by atoms with van der Waals surface area (Å²) >= 11 is 6.24. The fraction of sp³-hybridized carbons (Fsp3) is 0.467. The number of anilines is 2. The van der Waals surface area contributed by atoms with Crippen molar-refractivity contribution in [2.24, 2.45) is 5.41 Å². The van der Waals surface area contributed by atoms with Gasteiger partial charge >= 0.3 is 6.09 Å². The van der Waals surface area contributed by atoms with Gasteiger partial charge in [-0.05, 0) is 62.4 Å². The van der Waals surface area contributed by atoms with E-state index in [1.165, 1.54) is 0 Å². The normalized spacial score (nSPS) is 19.8. The van der Waals surface area contributed by atoms with Crippen molar-refractivity contribution in [2.45, 2.75) is 57.4 Å². The zero-order chi connectivity index (χ0) is 30.2. The lowest BCUT2D eigenvalue weighted by Crippen LogP contribution is -2.59. The van der Waals surface area contributed by atoms with Crippen molar-refractivity contribution in [1.29, 1.82) is 0 Å². The van der Waals surface area contributed by atoms with Gasteiger partial charge in [-0.3, -0.25) is 19.7 Å². The Balaban J connectivity index is 1.10. The predicted molar refractivity (Wildman–Crippen MR) is 152 cm³/mol. The number of nitrogens with zero attached hydrogens (tertiary/aromatic N) is 2. The van der Waals surface area contributed by atoms with E-state index in [0.717, 1.165) is 29.8 Å². The number of carbonyl (C=O) groups excluding carboxylic acids is 4. The van der Waals surface area contributed by atoms with Crippen LogP contribution >= 0.6 is 11.6 Å². The molecule has 224 valence electrons. The van der Waals surface area contributed by atoms with Crippen molar-refractivity contribution in [3.63, 3.8) is 0 Å². The molecule has 0 radical (unpaired) electrons. The third-order valence-corrected chi connectivity index (χ3v) is 9.11. The zero-order valence-electron chi connectivity index (χ0n) is 23.5. The highest BCUT2D eigenvalue weighted by Crippen LogP contribution is 2.46. The highest BCUT2D eigenvalue weighted by atomic mass is 35.5. The summed E-state index contributed by atoms with van der Waals surface area (Å²) in [5.74, 6) is -3.97. The molecule has 2 saturated heterocycles. The topological polar surface area (TPSA) is 108 Å². The second-order valence-corrected chi connectivity index (χ2v) is 11.7. The summed E-state index contributed by atoms with van der Waals surface area (Å²) in [6.45, 7) is 2.58. The maximum Gasteiger partial charge on any atom is 0.407 e. The monoisotopic (exact) mass is 602 g/mol. The van der Waals surface area contributed by atoms with E-state index in [2.05, 4.69) is 10.6 Å². The number of nitrogens with one attached hydrogen (secondary N) is 2. The number of ether oxygens (including phenoxy) is 1. The van der Waals surface area contributed by atoms with Crippen molar-refractivity contribution in [3.8, 4) is 0 Å². The Morgan fingerprint density at radius 1 is 1.19 bits per heavy atom. The molecule has 3 fully saturated rings. The molecule has 9 nitrogen and oxygen atoms in total. The van der Waals surface area contributed by atoms with E-state index in [9.17, 15) is 28.0 Å². The quantitative estimate of drug-likeness (QED) is 0.428. The SMILES string of the molecule is Cc1c(Cl)cccc1N(C)C(=O)C1(CCOC(=O)NC2CN(c3cc(F)c(C4CCC(=O)NC4=O)c(F)c3)C2)CCC1. The molecule has 1 aliphatic carbocycles. The number of hydrogen-bond donors (Lipinski definition) is 2. The Bertz CT molecular complexity index is 1400. The van der Waals surface area contributed by atoms with Crippen LogP contribution < -0.4 is 20.4 Å². The van der Waals surface area contributed by atoms with Gasteiger partial charge in [-0.15, -0.1) is 0 Å². The molecule has 1 unspecified atom stereocenters. The van der Waals surface area contributed by atoms with Gasteiger partial charge in [0, 0.05) is 48.5 Å². The van der Waals surface area contributed by atoms with Crippen molar-refractivity contribution in [3.05, 3.63) is 58.1 Å². The summed E-state index contributed by atoms with van der Waals surface area (Å²) in [5.41, 5.74) is 0.921. The van der Waals surface area contributed by atoms with Gasteiger partial charge in [0.2, 0.25) is 17.7 Å². The Hall–Kier alpha value is -3.73. The Morgan fingerprint density at radius 3 is 2.50 bits per heavy atom. The highest BCUT2D eigenvalue weighted by Gasteiger charge is 2.46. The number of halogens is 3. The number of alkyl carbamates (subject to hydrolysis) is 1. The van der Waals surface area contributed by atoms with Crippen LogP contribution in [0, 0.1) is 24.0 Å². The van der Waals surface area contributed by atoms with E-state index in [1.807, 2.05) is 13.0 Å². The Kier molecular flexibility index (Phi) is 8.41. The molecule has 1 saturated carbocycles. The van der Waals surface area contributed by atoms with E-state index in [-0.39, 0.29) is 42.6 Å². The molecule has 3 aliphatic rings. The minimum Gasteiger partial charge on any atom is -0.450 e. The maximum absolute atomic E-state index is 14.8. The largest absolute Gasteiger partial charge is 0.450 e. The van der Waals surface area contributed by atoms with E-state index in [4.69, 9.17) is 16.3 Å². The fourth-order valence-corrected chi connectivity index (χ4v) is 6.15. The molecule has 42 heavy (non-hydrogen) atoms. The summed E-state index contributed by atoms with van der Waals surface area (Å²) in [6, 6.07) is 7.48. The van der Waals surface area contributed by atoms with Crippen LogP contribution in [0.3, 0.4) is 0 Å². The molecule has 0 aromatic heterocycles. The lowest BCUT2D eigenvalue weighted by Gasteiger charge is -2.43. The summed E-state index contributed by atoms with van der Waals surface area (Å²) in [7, 11) is 1.73. The molecule has 1 atom stereocenters. The molecular formula is C30H33ClF2N4O5. The van der Waals surface area contributed by atoms with Crippen molar-refractivity contribution >= 4 is 46.8 Å². The number of benzene rings is 2. The number of imide groups is 1. The minimum atomic E-state index is -1.06. The lowest BCUT2D eigenvalue weighted by molar-refractivity contribution is -0.135. The summed E-state index contributed by atoms with van der Waals surface area (Å²) in [6.07, 6.45) is 2.20. The van der Waals surface area contributed by atoms with Gasteiger partial charge in [0.05, 0.1) is 24.0 Å². The number of carbonyl (C=O) groups is 4. The van der Waals surface area contributed by atoms with Crippen molar-refractivity contribution in [2.75, 3.05) is 36.5 Å². The van der Waals surface area contributed by atoms with Gasteiger partial charge < -0.3 is 19.9 Å². The Morgan fingerprint density at radius 2 is 1.88 bits per heavy atom. The van der Waals surface area contributed by atoms with Crippen LogP contribution in [0.15, 0.2) is 30.3 Å². The molecular weight excluding hydrogens is 570 g/mol. The van der Waals surface area contributed by atoms with Crippen LogP contribution in [0.2, 0.25) is 5.02 Å². The Labute approximate surface area is 247 Å². The fourth-order valence-electron chi connectivity index (χ4n) is 5.98. The van der Waals surface area contributed by atoms with Crippen molar-refractivity contribution < 1.29 is 32.7 Å². The second kappa shape index (κ2) is 11.9. The molecule has 4 amide bonds. The maximum atomic E-state index is 14.8. The predicted octanol–water partition coefficient (Wildman–Crippen LogP) is 4.59. The molecule has 5 rings (SSSR count). The molecule has 12 heteroatoms. The lowest BCUT2D eigenvalue weighted by atomic mass is 9.65. The van der Waals surface area contributed by atoms with E-state index >= 15 is 0 Å². The summed E-state index contributed by atoms with van der Waals surface area (Å²) < 4.78 is 35.1. The first-order chi connectivity index (χ1) is 20.0. The first kappa shape index (κ1) is 29.8. The van der Waals surface area contributed by atoms with E-state index < -0.39 is 40.9 Å². The molecule has 2 N–H and O–H groups in total. The van der Waals surface area contributed by atoms with E-state index in [0.29, 0.717) is 37.4 Å². The molecule has 2 heterocycles. The first-order valence-corrected chi connectivity index (χ1v) is 14.4. The molecule has 0 spiro atoms. The standard InChI is InChI=1S/C30H33ClF2N4O5/c1-17-21(31)5-3-6-24(17)36(2)28(40)30(9-4-10-30)11-12-42-29(41)34-18-15-37(16-18)19-13-22(32)26(23(33)14-19)20-7-8-25(38)35-27(20)39/h3,5-6,13-14,18,20H,4,7-12,15-16H2,1-2H3,(H,34,41)(H,35,38,39). The molecule has 2 aromatic carbocycles. The summed E-state index contributed by atoms with van der Waals surface area (Å²) in [4.78, 5) is 52.6. The van der Waals surface area contributed by atoms with Crippen molar-refractivity contribution in [1.82, 2.24) is 10.6 Å². The number of piperidine rings is 1. The van der Waals surface area contributed by atoms with Gasteiger partial charge in [-0.2, -0.15) is 0 Å². The summed E-state index contributed by atoms with van der Waals surface area (Å²) in [5, 5.41) is 5.45. The first-order valence-electron chi connectivity index (χ1n) is 14.0. The zero-order valence-corrected chi connectivity index (χ0v) is 24.2. The van der Waals surface area contributed by atoms with Gasteiger partial charge in [0.15, 0.2) is 0 Å². The molecule has 2 aliphatic heterocycles. The van der Waals surface area contributed by atoms with Crippen LogP contribution in [0.4, 0.5) is 25.0 Å². The highest BCUT2D eigenvalue weighted by molar-refractivity contribution is 6.31. The smallest absolute Gasteiger partial charge is 0.407 e. The second-order valence-electron chi connectivity index (χ2n) is 11.3.